The molecule has 70 valence electrons. The number of hydrogen-bond donors (Lipinski definition) is 0. The predicted molar refractivity (Wildman–Crippen MR) is 49.4 cm³/mol. The van der Waals surface area contributed by atoms with E-state index < -0.39 is 7.60 Å². The second-order valence-corrected chi connectivity index (χ2v) is 5.21. The maximum Gasteiger partial charge on any atom is 0.328 e. The summed E-state index contributed by atoms with van der Waals surface area (Å²) in [6, 6.07) is 0. The zero-order chi connectivity index (χ0) is 9.31. The van der Waals surface area contributed by atoms with Gasteiger partial charge < -0.3 is 4.52 Å². The highest BCUT2D eigenvalue weighted by Crippen LogP contribution is 2.50. The molecule has 0 aromatic carbocycles. The van der Waals surface area contributed by atoms with E-state index in [0.29, 0.717) is 6.61 Å². The van der Waals surface area contributed by atoms with Crippen LogP contribution in [0.15, 0.2) is 12.2 Å². The summed E-state index contributed by atoms with van der Waals surface area (Å²) >= 11 is 0. The first-order chi connectivity index (χ1) is 6.17. The van der Waals surface area contributed by atoms with Gasteiger partial charge in [0.05, 0.1) is 12.5 Å². The van der Waals surface area contributed by atoms with Crippen molar-refractivity contribution in [1.29, 1.82) is 0 Å². The predicted octanol–water partition coefficient (Wildman–Crippen LogP) is 1.80. The molecule has 1 fully saturated rings. The molecular formula is C9H11O3P. The lowest BCUT2D eigenvalue weighted by Crippen LogP contribution is -2.28. The largest absolute Gasteiger partial charge is 0.328 e. The molecule has 0 bridgehead atoms. The van der Waals surface area contributed by atoms with Crippen LogP contribution < -0.4 is 0 Å². The Kier molecular flexibility index (Phi) is 2.29. The molecule has 1 heterocycles. The second-order valence-electron chi connectivity index (χ2n) is 3.20. The maximum atomic E-state index is 11.5. The molecule has 0 radical (unpaired) electrons. The van der Waals surface area contributed by atoms with E-state index in [0.717, 1.165) is 6.42 Å². The van der Waals surface area contributed by atoms with Crippen molar-refractivity contribution in [2.45, 2.75) is 12.5 Å². The average molecular weight is 198 g/mol. The Morgan fingerprint density at radius 3 is 3.31 bits per heavy atom. The molecule has 13 heavy (non-hydrogen) atoms. The third-order valence-corrected chi connectivity index (χ3v) is 3.28. The van der Waals surface area contributed by atoms with E-state index in [1.165, 1.54) is 6.66 Å². The smallest absolute Gasteiger partial charge is 0.307 e. The number of fused-ring (bicyclic) bond motifs is 1. The fourth-order valence-corrected chi connectivity index (χ4v) is 2.53. The van der Waals surface area contributed by atoms with Crippen molar-refractivity contribution >= 4 is 7.60 Å². The van der Waals surface area contributed by atoms with Crippen molar-refractivity contribution in [2.24, 2.45) is 5.92 Å². The van der Waals surface area contributed by atoms with Crippen LogP contribution in [0.1, 0.15) is 6.42 Å². The lowest BCUT2D eigenvalue weighted by molar-refractivity contribution is 0.0803. The van der Waals surface area contributed by atoms with Crippen molar-refractivity contribution < 1.29 is 13.6 Å². The maximum absolute atomic E-state index is 11.5. The van der Waals surface area contributed by atoms with Crippen LogP contribution in [0.4, 0.5) is 0 Å². The standard InChI is InChI=1S/C9H11O3P/c1-13(10)11-7-8-5-3-2-4-6-9(8)12-13/h4,6,8-9H,2,7H2,1H3. The summed E-state index contributed by atoms with van der Waals surface area (Å²) in [5.74, 6) is 6.07. The minimum absolute atomic E-state index is 0.0424. The van der Waals surface area contributed by atoms with E-state index in [2.05, 4.69) is 11.8 Å². The Morgan fingerprint density at radius 2 is 2.46 bits per heavy atom. The number of hydrogen-bond acceptors (Lipinski definition) is 3. The Morgan fingerprint density at radius 1 is 1.62 bits per heavy atom. The Balaban J connectivity index is 2.20. The molecule has 1 saturated heterocycles. The van der Waals surface area contributed by atoms with Gasteiger partial charge >= 0.3 is 7.60 Å². The van der Waals surface area contributed by atoms with Gasteiger partial charge in [0.15, 0.2) is 0 Å². The minimum Gasteiger partial charge on any atom is -0.307 e. The van der Waals surface area contributed by atoms with Crippen LogP contribution in [0, 0.1) is 17.8 Å². The van der Waals surface area contributed by atoms with Crippen molar-refractivity contribution in [2.75, 3.05) is 13.3 Å². The Hall–Kier alpha value is -0.550. The van der Waals surface area contributed by atoms with Crippen molar-refractivity contribution in [1.82, 2.24) is 0 Å². The first-order valence-corrected chi connectivity index (χ1v) is 6.22. The highest BCUT2D eigenvalue weighted by molar-refractivity contribution is 7.53. The van der Waals surface area contributed by atoms with E-state index in [1.807, 2.05) is 12.2 Å². The molecule has 0 saturated carbocycles. The van der Waals surface area contributed by atoms with Gasteiger partial charge in [-0.15, -0.1) is 0 Å². The molecule has 1 aliphatic carbocycles. The van der Waals surface area contributed by atoms with Crippen molar-refractivity contribution in [3.63, 3.8) is 0 Å². The van der Waals surface area contributed by atoms with E-state index in [-0.39, 0.29) is 12.0 Å². The molecule has 0 amide bonds. The highest BCUT2D eigenvalue weighted by Gasteiger charge is 2.34. The van der Waals surface area contributed by atoms with Gasteiger partial charge in [-0.3, -0.25) is 9.09 Å². The molecule has 2 aliphatic rings. The lowest BCUT2D eigenvalue weighted by Gasteiger charge is -2.29. The van der Waals surface area contributed by atoms with Gasteiger partial charge in [-0.05, 0) is 0 Å². The van der Waals surface area contributed by atoms with Crippen LogP contribution in [0.25, 0.3) is 0 Å². The summed E-state index contributed by atoms with van der Waals surface area (Å²) in [4.78, 5) is 0. The van der Waals surface area contributed by atoms with Gasteiger partial charge in [-0.1, -0.05) is 24.0 Å². The van der Waals surface area contributed by atoms with Gasteiger partial charge in [0.1, 0.15) is 6.10 Å². The fourth-order valence-electron chi connectivity index (χ4n) is 1.38. The highest BCUT2D eigenvalue weighted by atomic mass is 31.2. The zero-order valence-electron chi connectivity index (χ0n) is 7.40. The van der Waals surface area contributed by atoms with Gasteiger partial charge in [0.25, 0.3) is 0 Å². The summed E-state index contributed by atoms with van der Waals surface area (Å²) in [5.41, 5.74) is 0. The summed E-state index contributed by atoms with van der Waals surface area (Å²) in [6.45, 7) is 1.91. The Bertz CT molecular complexity index is 337. The quantitative estimate of drug-likeness (QED) is 0.338. The van der Waals surface area contributed by atoms with E-state index >= 15 is 0 Å². The monoisotopic (exact) mass is 198 g/mol. The average Bonchev–Trinajstić information content (AvgIpc) is 2.27. The van der Waals surface area contributed by atoms with E-state index in [1.54, 1.807) is 0 Å². The molecule has 3 nitrogen and oxygen atoms in total. The second kappa shape index (κ2) is 3.31. The molecule has 0 spiro atoms. The van der Waals surface area contributed by atoms with Crippen LogP contribution in [0.3, 0.4) is 0 Å². The van der Waals surface area contributed by atoms with Gasteiger partial charge in [0.2, 0.25) is 0 Å². The third kappa shape index (κ3) is 2.03. The van der Waals surface area contributed by atoms with Crippen LogP contribution in [0.5, 0.6) is 0 Å². The lowest BCUT2D eigenvalue weighted by atomic mass is 10.1. The minimum atomic E-state index is -2.81. The van der Waals surface area contributed by atoms with E-state index in [4.69, 9.17) is 9.05 Å². The van der Waals surface area contributed by atoms with Crippen LogP contribution in [-0.4, -0.2) is 19.4 Å². The third-order valence-electron chi connectivity index (χ3n) is 2.03. The van der Waals surface area contributed by atoms with Crippen molar-refractivity contribution in [3.05, 3.63) is 12.2 Å². The van der Waals surface area contributed by atoms with Crippen molar-refractivity contribution in [3.8, 4) is 11.8 Å². The number of allylic oxidation sites excluding steroid dienone is 1. The molecule has 0 N–H and O–H groups in total. The topological polar surface area (TPSA) is 35.5 Å². The van der Waals surface area contributed by atoms with Gasteiger partial charge in [0, 0.05) is 13.1 Å². The molecule has 0 aromatic rings. The zero-order valence-corrected chi connectivity index (χ0v) is 8.29. The van der Waals surface area contributed by atoms with Crippen LogP contribution >= 0.6 is 7.60 Å². The molecule has 3 unspecified atom stereocenters. The molecule has 3 atom stereocenters. The molecular weight excluding hydrogens is 187 g/mol. The van der Waals surface area contributed by atoms with Crippen LogP contribution in [-0.2, 0) is 13.6 Å². The Labute approximate surface area is 77.6 Å². The van der Waals surface area contributed by atoms with Gasteiger partial charge in [-0.25, -0.2) is 0 Å². The summed E-state index contributed by atoms with van der Waals surface area (Å²) in [5, 5.41) is 0. The van der Waals surface area contributed by atoms with Gasteiger partial charge in [-0.2, -0.15) is 0 Å². The van der Waals surface area contributed by atoms with E-state index in [9.17, 15) is 4.57 Å². The SMILES string of the molecule is CP1(=O)OCC2C#CCC=CC2O1. The summed E-state index contributed by atoms with van der Waals surface area (Å²) < 4.78 is 21.9. The summed E-state index contributed by atoms with van der Waals surface area (Å²) in [7, 11) is -2.81. The first-order valence-electron chi connectivity index (χ1n) is 4.23. The number of rotatable bonds is 0. The summed E-state index contributed by atoms with van der Waals surface area (Å²) in [6.07, 6.45) is 4.45. The van der Waals surface area contributed by atoms with Crippen LogP contribution in [0.2, 0.25) is 0 Å². The molecule has 4 heteroatoms. The molecule has 1 aliphatic heterocycles. The normalized spacial score (nSPS) is 42.8. The fraction of sp³-hybridized carbons (Fsp3) is 0.556. The first kappa shape index (κ1) is 9.02. The molecule has 0 aromatic heterocycles. The molecule has 2 rings (SSSR count).